The summed E-state index contributed by atoms with van der Waals surface area (Å²) in [6.07, 6.45) is -1.99. The van der Waals surface area contributed by atoms with Gasteiger partial charge in [-0.3, -0.25) is 14.6 Å². The maximum absolute atomic E-state index is 14.3. The van der Waals surface area contributed by atoms with Gasteiger partial charge in [-0.05, 0) is 47.4 Å². The zero-order valence-corrected chi connectivity index (χ0v) is 18.4. The fraction of sp³-hybridized carbons (Fsp3) is 0.208. The van der Waals surface area contributed by atoms with Gasteiger partial charge in [-0.25, -0.2) is 4.39 Å². The van der Waals surface area contributed by atoms with Crippen molar-refractivity contribution >= 4 is 29.1 Å². The Kier molecular flexibility index (Phi) is 6.56. The van der Waals surface area contributed by atoms with Crippen LogP contribution in [0.3, 0.4) is 0 Å². The van der Waals surface area contributed by atoms with E-state index < -0.39 is 29.9 Å². The van der Waals surface area contributed by atoms with Gasteiger partial charge < -0.3 is 10.2 Å². The molecule has 0 bridgehead atoms. The fourth-order valence-corrected chi connectivity index (χ4v) is 4.13. The first-order valence-electron chi connectivity index (χ1n) is 10.3. The Morgan fingerprint density at radius 1 is 1.09 bits per heavy atom. The summed E-state index contributed by atoms with van der Waals surface area (Å²) in [5.41, 5.74) is 0.522. The molecule has 0 unspecified atom stereocenters. The average molecular weight is 492 g/mol. The molecule has 0 spiro atoms. The number of fused-ring (bicyclic) bond motifs is 1. The van der Waals surface area contributed by atoms with Crippen molar-refractivity contribution in [2.75, 3.05) is 11.9 Å². The number of rotatable bonds is 4. The highest BCUT2D eigenvalue weighted by Gasteiger charge is 2.35. The van der Waals surface area contributed by atoms with Gasteiger partial charge in [0.25, 0.3) is 5.91 Å². The summed E-state index contributed by atoms with van der Waals surface area (Å²) >= 11 is 6.29. The molecule has 176 valence electrons. The number of amides is 2. The number of benzene rings is 2. The summed E-state index contributed by atoms with van der Waals surface area (Å²) in [4.78, 5) is 30.9. The van der Waals surface area contributed by atoms with Crippen molar-refractivity contribution in [3.63, 3.8) is 0 Å². The van der Waals surface area contributed by atoms with Gasteiger partial charge in [-0.2, -0.15) is 13.2 Å². The van der Waals surface area contributed by atoms with Crippen molar-refractivity contribution < 1.29 is 27.2 Å². The van der Waals surface area contributed by atoms with Gasteiger partial charge in [0.15, 0.2) is 0 Å². The van der Waals surface area contributed by atoms with E-state index in [0.717, 1.165) is 23.3 Å². The molecule has 1 aliphatic rings. The van der Waals surface area contributed by atoms with Gasteiger partial charge in [0.1, 0.15) is 5.82 Å². The molecule has 0 aliphatic carbocycles. The molecule has 2 heterocycles. The summed E-state index contributed by atoms with van der Waals surface area (Å²) in [6, 6.07) is 9.39. The summed E-state index contributed by atoms with van der Waals surface area (Å²) < 4.78 is 53.2. The molecule has 4 rings (SSSR count). The first-order valence-corrected chi connectivity index (χ1v) is 10.7. The van der Waals surface area contributed by atoms with Crippen LogP contribution in [0.5, 0.6) is 0 Å². The number of hydrogen-bond donors (Lipinski definition) is 1. The SMILES string of the molecule is O=C(Cc1cccc(C(F)(F)F)c1F)Nc1c(Cl)ccc2c1CCN(C(=O)c1ccncc1)C2. The summed E-state index contributed by atoms with van der Waals surface area (Å²) in [5, 5.41) is 2.86. The van der Waals surface area contributed by atoms with Crippen LogP contribution >= 0.6 is 11.6 Å². The lowest BCUT2D eigenvalue weighted by atomic mass is 9.96. The highest BCUT2D eigenvalue weighted by atomic mass is 35.5. The van der Waals surface area contributed by atoms with E-state index in [1.807, 2.05) is 0 Å². The van der Waals surface area contributed by atoms with E-state index in [1.54, 1.807) is 29.2 Å². The van der Waals surface area contributed by atoms with Gasteiger partial charge in [-0.1, -0.05) is 29.8 Å². The third kappa shape index (κ3) is 4.89. The molecule has 0 fully saturated rings. The van der Waals surface area contributed by atoms with Crippen molar-refractivity contribution in [3.8, 4) is 0 Å². The van der Waals surface area contributed by atoms with Crippen molar-refractivity contribution in [3.05, 3.63) is 93.5 Å². The largest absolute Gasteiger partial charge is 0.419 e. The van der Waals surface area contributed by atoms with E-state index in [0.29, 0.717) is 36.8 Å². The highest BCUT2D eigenvalue weighted by Crippen LogP contribution is 2.34. The quantitative estimate of drug-likeness (QED) is 0.506. The number of aromatic nitrogens is 1. The van der Waals surface area contributed by atoms with Crippen LogP contribution in [0.4, 0.5) is 23.2 Å². The second-order valence-electron chi connectivity index (χ2n) is 7.77. The molecule has 2 amide bonds. The predicted octanol–water partition coefficient (Wildman–Crippen LogP) is 5.27. The third-order valence-corrected chi connectivity index (χ3v) is 5.88. The Labute approximate surface area is 197 Å². The Hall–Kier alpha value is -3.46. The fourth-order valence-electron chi connectivity index (χ4n) is 3.90. The van der Waals surface area contributed by atoms with Crippen molar-refractivity contribution in [1.29, 1.82) is 0 Å². The van der Waals surface area contributed by atoms with Crippen LogP contribution in [0.2, 0.25) is 5.02 Å². The molecule has 34 heavy (non-hydrogen) atoms. The Morgan fingerprint density at radius 2 is 1.82 bits per heavy atom. The lowest BCUT2D eigenvalue weighted by Crippen LogP contribution is -2.36. The maximum Gasteiger partial charge on any atom is 0.419 e. The monoisotopic (exact) mass is 491 g/mol. The lowest BCUT2D eigenvalue weighted by Gasteiger charge is -2.30. The number of hydrogen-bond acceptors (Lipinski definition) is 3. The Balaban J connectivity index is 1.53. The van der Waals surface area contributed by atoms with Gasteiger partial charge in [0.05, 0.1) is 22.7 Å². The second kappa shape index (κ2) is 9.42. The maximum atomic E-state index is 14.3. The molecule has 5 nitrogen and oxygen atoms in total. The molecule has 1 aliphatic heterocycles. The van der Waals surface area contributed by atoms with E-state index in [1.165, 1.54) is 12.4 Å². The molecule has 10 heteroatoms. The molecule has 0 saturated heterocycles. The minimum Gasteiger partial charge on any atom is -0.334 e. The Morgan fingerprint density at radius 3 is 2.53 bits per heavy atom. The topological polar surface area (TPSA) is 62.3 Å². The van der Waals surface area contributed by atoms with Crippen LogP contribution in [0.15, 0.2) is 54.9 Å². The smallest absolute Gasteiger partial charge is 0.334 e. The molecule has 3 aromatic rings. The van der Waals surface area contributed by atoms with E-state index >= 15 is 0 Å². The van der Waals surface area contributed by atoms with E-state index in [4.69, 9.17) is 11.6 Å². The zero-order valence-electron chi connectivity index (χ0n) is 17.6. The van der Waals surface area contributed by atoms with E-state index in [9.17, 15) is 27.2 Å². The van der Waals surface area contributed by atoms with Crippen molar-refractivity contribution in [2.24, 2.45) is 0 Å². The lowest BCUT2D eigenvalue weighted by molar-refractivity contribution is -0.140. The van der Waals surface area contributed by atoms with Crippen molar-refractivity contribution in [1.82, 2.24) is 9.88 Å². The molecular formula is C24H18ClF4N3O2. The normalized spacial score (nSPS) is 13.4. The first-order chi connectivity index (χ1) is 16.1. The average Bonchev–Trinajstić information content (AvgIpc) is 2.81. The number of pyridine rings is 1. The number of anilines is 1. The van der Waals surface area contributed by atoms with Gasteiger partial charge in [-0.15, -0.1) is 0 Å². The van der Waals surface area contributed by atoms with E-state index in [2.05, 4.69) is 10.3 Å². The first kappa shape index (κ1) is 23.7. The molecule has 0 radical (unpaired) electrons. The predicted molar refractivity (Wildman–Crippen MR) is 118 cm³/mol. The minimum atomic E-state index is -4.86. The molecular weight excluding hydrogens is 474 g/mol. The number of carbonyl (C=O) groups is 2. The summed E-state index contributed by atoms with van der Waals surface area (Å²) in [7, 11) is 0. The van der Waals surface area contributed by atoms with Gasteiger partial charge >= 0.3 is 6.18 Å². The van der Waals surface area contributed by atoms with Crippen LogP contribution in [-0.4, -0.2) is 28.2 Å². The second-order valence-corrected chi connectivity index (χ2v) is 8.18. The number of alkyl halides is 3. The van der Waals surface area contributed by atoms with Crippen LogP contribution in [-0.2, 0) is 30.4 Å². The zero-order chi connectivity index (χ0) is 24.5. The molecule has 1 aromatic heterocycles. The standard InChI is InChI=1S/C24H18ClF4N3O2/c25-19-5-4-16-13-32(23(34)14-6-9-30-10-7-14)11-8-17(16)22(19)31-20(33)12-15-2-1-3-18(21(15)26)24(27,28)29/h1-7,9-10H,8,11-13H2,(H,31,33). The van der Waals surface area contributed by atoms with Gasteiger partial charge in [0.2, 0.25) is 5.91 Å². The van der Waals surface area contributed by atoms with Crippen LogP contribution in [0.1, 0.15) is 32.6 Å². The number of carbonyl (C=O) groups excluding carboxylic acids is 2. The molecule has 1 N–H and O–H groups in total. The Bertz CT molecular complexity index is 1250. The van der Waals surface area contributed by atoms with Crippen LogP contribution in [0.25, 0.3) is 0 Å². The number of halogens is 5. The van der Waals surface area contributed by atoms with Crippen molar-refractivity contribution in [2.45, 2.75) is 25.6 Å². The molecule has 0 atom stereocenters. The molecule has 0 saturated carbocycles. The van der Waals surface area contributed by atoms with Gasteiger partial charge in [0, 0.05) is 31.0 Å². The molecule has 2 aromatic carbocycles. The summed E-state index contributed by atoms with van der Waals surface area (Å²) in [5.74, 6) is -2.34. The van der Waals surface area contributed by atoms with Crippen LogP contribution < -0.4 is 5.32 Å². The number of nitrogens with one attached hydrogen (secondary N) is 1. The third-order valence-electron chi connectivity index (χ3n) is 5.57. The highest BCUT2D eigenvalue weighted by molar-refractivity contribution is 6.34. The number of nitrogens with zero attached hydrogens (tertiary/aromatic N) is 2. The van der Waals surface area contributed by atoms with E-state index in [-0.39, 0.29) is 16.5 Å². The minimum absolute atomic E-state index is 0.159. The van der Waals surface area contributed by atoms with Crippen LogP contribution in [0, 0.1) is 5.82 Å². The summed E-state index contributed by atoms with van der Waals surface area (Å²) in [6.45, 7) is 0.665.